The van der Waals surface area contributed by atoms with E-state index in [0.717, 1.165) is 53.9 Å². The third kappa shape index (κ3) is 9.40. The van der Waals surface area contributed by atoms with E-state index < -0.39 is 6.36 Å². The van der Waals surface area contributed by atoms with Crippen molar-refractivity contribution >= 4 is 23.5 Å². The number of rotatable bonds is 11. The first-order chi connectivity index (χ1) is 22.4. The fraction of sp³-hybridized carbons (Fsp3) is 0.382. The minimum Gasteiger partial charge on any atom is -0.406 e. The topological polar surface area (TPSA) is 84.3 Å². The number of benzene rings is 3. The number of hydrogen-bond acceptors (Lipinski definition) is 6. The quantitative estimate of drug-likeness (QED) is 0.158. The molecule has 2 heterocycles. The smallest absolute Gasteiger partial charge is 0.406 e. The number of nitrogens with zero attached hydrogens (tertiary/aromatic N) is 4. The van der Waals surface area contributed by atoms with Crippen molar-refractivity contribution in [1.29, 1.82) is 0 Å². The molecule has 1 aliphatic rings. The van der Waals surface area contributed by atoms with Gasteiger partial charge in [-0.2, -0.15) is 0 Å². The lowest BCUT2D eigenvalue weighted by atomic mass is 9.97. The molecule has 47 heavy (non-hydrogen) atoms. The van der Waals surface area contributed by atoms with E-state index in [4.69, 9.17) is 0 Å². The number of anilines is 1. The first-order valence-electron chi connectivity index (χ1n) is 15.5. The summed E-state index contributed by atoms with van der Waals surface area (Å²) in [4.78, 5) is 19.3. The summed E-state index contributed by atoms with van der Waals surface area (Å²) >= 11 is 1.67. The number of carbonyl (C=O) groups excluding carboxylic acids is 1. The molecule has 1 aliphatic heterocycles. The number of halogens is 4. The molecular formula is C34H38F4N6O2S. The van der Waals surface area contributed by atoms with Gasteiger partial charge in [0.15, 0.2) is 11.3 Å². The van der Waals surface area contributed by atoms with Gasteiger partial charge >= 0.3 is 12.4 Å². The number of carbonyl (C=O) groups is 1. The lowest BCUT2D eigenvalue weighted by Crippen LogP contribution is -2.52. The summed E-state index contributed by atoms with van der Waals surface area (Å²) in [6.45, 7) is 7.54. The first kappa shape index (κ1) is 34.1. The van der Waals surface area contributed by atoms with Crippen molar-refractivity contribution in [3.05, 3.63) is 90.0 Å². The highest BCUT2D eigenvalue weighted by Crippen LogP contribution is 2.34. The van der Waals surface area contributed by atoms with Crippen LogP contribution in [0.1, 0.15) is 50.7 Å². The Morgan fingerprint density at radius 2 is 1.81 bits per heavy atom. The molecule has 0 radical (unpaired) electrons. The summed E-state index contributed by atoms with van der Waals surface area (Å²) in [6, 6.07) is 18.0. The van der Waals surface area contributed by atoms with Gasteiger partial charge in [-0.25, -0.2) is 18.9 Å². The summed E-state index contributed by atoms with van der Waals surface area (Å²) in [5.74, 6) is 1.33. The Hall–Kier alpha value is -4.26. The summed E-state index contributed by atoms with van der Waals surface area (Å²) in [5, 5.41) is 10.6. The summed E-state index contributed by atoms with van der Waals surface area (Å²) in [6.07, 6.45) is -0.636. The van der Waals surface area contributed by atoms with Gasteiger partial charge in [-0.05, 0) is 90.4 Å². The highest BCUT2D eigenvalue weighted by molar-refractivity contribution is 8.00. The van der Waals surface area contributed by atoms with Crippen molar-refractivity contribution in [2.24, 2.45) is 5.92 Å². The van der Waals surface area contributed by atoms with Gasteiger partial charge in [0.2, 0.25) is 0 Å². The maximum absolute atomic E-state index is 14.0. The second kappa shape index (κ2) is 15.1. The third-order valence-corrected chi connectivity index (χ3v) is 9.04. The van der Waals surface area contributed by atoms with Gasteiger partial charge in [0.1, 0.15) is 17.9 Å². The fourth-order valence-corrected chi connectivity index (χ4v) is 6.57. The Balaban J connectivity index is 1.09. The number of alkyl halides is 3. The number of amides is 2. The van der Waals surface area contributed by atoms with Gasteiger partial charge in [-0.15, -0.1) is 30.0 Å². The molecule has 4 aromatic rings. The molecule has 250 valence electrons. The van der Waals surface area contributed by atoms with Crippen molar-refractivity contribution < 1.29 is 27.1 Å². The monoisotopic (exact) mass is 670 g/mol. The van der Waals surface area contributed by atoms with Gasteiger partial charge in [0.25, 0.3) is 0 Å². The van der Waals surface area contributed by atoms with Gasteiger partial charge in [-0.3, -0.25) is 0 Å². The average molecular weight is 671 g/mol. The normalized spacial score (nSPS) is 15.8. The standard InChI is InChI=1S/C34H38F4N6O2S/c1-22(2)29-20-26(35)9-14-30(29)43-17-4-18-47-33(43)41-32(45)39-16-15-23(3)19-24-5-7-25(8-6-24)31-40-21-44(42-31)27-10-12-28(13-11-27)46-34(36,37)38/h5-14,20-23,33H,4,15-19H2,1-3H3,(H2,39,41,45). The van der Waals surface area contributed by atoms with Gasteiger partial charge < -0.3 is 20.3 Å². The zero-order valence-corrected chi connectivity index (χ0v) is 27.2. The molecule has 2 atom stereocenters. The van der Waals surface area contributed by atoms with Crippen molar-refractivity contribution in [2.45, 2.75) is 57.8 Å². The molecule has 0 aliphatic carbocycles. The summed E-state index contributed by atoms with van der Waals surface area (Å²) in [5.41, 5.74) is 4.15. The molecule has 2 amide bonds. The predicted octanol–water partition coefficient (Wildman–Crippen LogP) is 7.89. The van der Waals surface area contributed by atoms with Crippen LogP contribution < -0.4 is 20.3 Å². The predicted molar refractivity (Wildman–Crippen MR) is 176 cm³/mol. The molecule has 2 unspecified atom stereocenters. The van der Waals surface area contributed by atoms with Crippen LogP contribution in [-0.2, 0) is 6.42 Å². The van der Waals surface area contributed by atoms with E-state index in [2.05, 4.69) is 37.3 Å². The van der Waals surface area contributed by atoms with E-state index in [1.807, 2.05) is 44.2 Å². The second-order valence-corrected chi connectivity index (χ2v) is 13.1. The van der Waals surface area contributed by atoms with E-state index >= 15 is 0 Å². The Morgan fingerprint density at radius 3 is 2.51 bits per heavy atom. The Labute approximate surface area is 275 Å². The maximum Gasteiger partial charge on any atom is 0.573 e. The lowest BCUT2D eigenvalue weighted by molar-refractivity contribution is -0.274. The largest absolute Gasteiger partial charge is 0.573 e. The van der Waals surface area contributed by atoms with Crippen LogP contribution >= 0.6 is 11.8 Å². The number of hydrogen-bond donors (Lipinski definition) is 2. The molecule has 5 rings (SSSR count). The van der Waals surface area contributed by atoms with Crippen LogP contribution in [0.3, 0.4) is 0 Å². The van der Waals surface area contributed by atoms with E-state index in [1.165, 1.54) is 41.3 Å². The van der Waals surface area contributed by atoms with Crippen LogP contribution in [0, 0.1) is 11.7 Å². The van der Waals surface area contributed by atoms with Crippen molar-refractivity contribution in [3.8, 4) is 22.8 Å². The number of aromatic nitrogens is 3. The Bertz CT molecular complexity index is 1630. The van der Waals surface area contributed by atoms with Crippen LogP contribution in [0.15, 0.2) is 73.1 Å². The van der Waals surface area contributed by atoms with Crippen LogP contribution in [0.25, 0.3) is 17.1 Å². The summed E-state index contributed by atoms with van der Waals surface area (Å²) < 4.78 is 56.7. The lowest BCUT2D eigenvalue weighted by Gasteiger charge is -2.38. The van der Waals surface area contributed by atoms with Gasteiger partial charge in [-0.1, -0.05) is 45.0 Å². The Morgan fingerprint density at radius 1 is 1.06 bits per heavy atom. The van der Waals surface area contributed by atoms with E-state index in [9.17, 15) is 22.4 Å². The molecular weight excluding hydrogens is 632 g/mol. The molecule has 0 bridgehead atoms. The SMILES string of the molecule is CC(CCNC(=O)NC1SCCCN1c1ccc(F)cc1C(C)C)Cc1ccc(-c2ncn(-c3ccc(OC(F)(F)F)cc3)n2)cc1. The van der Waals surface area contributed by atoms with Crippen LogP contribution in [0.4, 0.5) is 28.0 Å². The second-order valence-electron chi connectivity index (χ2n) is 11.9. The van der Waals surface area contributed by atoms with E-state index in [1.54, 1.807) is 17.8 Å². The maximum atomic E-state index is 14.0. The molecule has 8 nitrogen and oxygen atoms in total. The molecule has 13 heteroatoms. The third-order valence-electron chi connectivity index (χ3n) is 7.82. The van der Waals surface area contributed by atoms with Crippen LogP contribution in [-0.4, -0.2) is 51.5 Å². The minimum absolute atomic E-state index is 0.152. The summed E-state index contributed by atoms with van der Waals surface area (Å²) in [7, 11) is 0. The number of ether oxygens (including phenoxy) is 1. The Kier molecular flexibility index (Phi) is 10.9. The number of nitrogens with one attached hydrogen (secondary N) is 2. The molecule has 1 saturated heterocycles. The molecule has 3 aromatic carbocycles. The van der Waals surface area contributed by atoms with Crippen molar-refractivity contribution in [2.75, 3.05) is 23.7 Å². The number of thioether (sulfide) groups is 1. The first-order valence-corrected chi connectivity index (χ1v) is 16.6. The molecule has 1 aromatic heterocycles. The average Bonchev–Trinajstić information content (AvgIpc) is 3.52. The van der Waals surface area contributed by atoms with Gasteiger partial charge in [0, 0.05) is 24.3 Å². The van der Waals surface area contributed by atoms with Crippen LogP contribution in [0.2, 0.25) is 0 Å². The minimum atomic E-state index is -4.75. The highest BCUT2D eigenvalue weighted by Gasteiger charge is 2.31. The van der Waals surface area contributed by atoms with Crippen molar-refractivity contribution in [1.82, 2.24) is 25.4 Å². The van der Waals surface area contributed by atoms with Gasteiger partial charge in [0.05, 0.1) is 5.69 Å². The zero-order valence-electron chi connectivity index (χ0n) is 26.4. The van der Waals surface area contributed by atoms with Crippen LogP contribution in [0.5, 0.6) is 5.75 Å². The van der Waals surface area contributed by atoms with Crippen molar-refractivity contribution in [3.63, 3.8) is 0 Å². The molecule has 0 spiro atoms. The van der Waals surface area contributed by atoms with E-state index in [0.29, 0.717) is 24.0 Å². The fourth-order valence-electron chi connectivity index (χ4n) is 5.46. The van der Waals surface area contributed by atoms with E-state index in [-0.39, 0.29) is 29.0 Å². The highest BCUT2D eigenvalue weighted by atomic mass is 32.2. The zero-order chi connectivity index (χ0) is 33.6. The number of urea groups is 1. The molecule has 2 N–H and O–H groups in total. The molecule has 0 saturated carbocycles. The molecule has 1 fully saturated rings.